The summed E-state index contributed by atoms with van der Waals surface area (Å²) in [6, 6.07) is 2.08. The van der Waals surface area contributed by atoms with Gasteiger partial charge < -0.3 is 5.73 Å². The summed E-state index contributed by atoms with van der Waals surface area (Å²) in [7, 11) is 0. The first-order valence-electron chi connectivity index (χ1n) is 6.12. The van der Waals surface area contributed by atoms with Gasteiger partial charge in [0.15, 0.2) is 0 Å². The van der Waals surface area contributed by atoms with Crippen molar-refractivity contribution in [2.24, 2.45) is 5.73 Å². The van der Waals surface area contributed by atoms with Gasteiger partial charge in [-0.2, -0.15) is 0 Å². The first kappa shape index (κ1) is 12.6. The second-order valence-corrected chi connectivity index (χ2v) is 4.40. The molecule has 6 nitrogen and oxygen atoms in total. The van der Waals surface area contributed by atoms with Crippen LogP contribution in [0.3, 0.4) is 0 Å². The van der Waals surface area contributed by atoms with Crippen LogP contribution in [0.4, 0.5) is 0 Å². The molecule has 0 unspecified atom stereocenters. The molecule has 0 saturated heterocycles. The maximum Gasteiger partial charge on any atom is 0.200 e. The molecule has 2 rings (SSSR count). The fraction of sp³-hybridized carbons (Fsp3) is 0.500. The van der Waals surface area contributed by atoms with Crippen LogP contribution in [0, 0.1) is 13.8 Å². The number of tetrazole rings is 1. The summed E-state index contributed by atoms with van der Waals surface area (Å²) < 4.78 is 1.79. The number of hydrogen-bond donors (Lipinski definition) is 1. The monoisotopic (exact) mass is 246 g/mol. The molecule has 96 valence electrons. The van der Waals surface area contributed by atoms with Crippen LogP contribution < -0.4 is 5.73 Å². The van der Waals surface area contributed by atoms with Gasteiger partial charge in [0.05, 0.1) is 0 Å². The molecule has 0 saturated carbocycles. The molecule has 6 heteroatoms. The van der Waals surface area contributed by atoms with Gasteiger partial charge in [-0.15, -0.1) is 5.10 Å². The molecule has 0 fully saturated rings. The van der Waals surface area contributed by atoms with Crippen LogP contribution in [0.5, 0.6) is 0 Å². The van der Waals surface area contributed by atoms with Gasteiger partial charge in [-0.25, -0.2) is 4.68 Å². The summed E-state index contributed by atoms with van der Waals surface area (Å²) in [6.45, 7) is 5.51. The molecule has 18 heavy (non-hydrogen) atoms. The molecule has 0 amide bonds. The molecule has 0 spiro atoms. The molecule has 0 aliphatic rings. The lowest BCUT2D eigenvalue weighted by atomic mass is 10.1. The van der Waals surface area contributed by atoms with Gasteiger partial charge in [0.1, 0.15) is 5.69 Å². The predicted molar refractivity (Wildman–Crippen MR) is 68.8 cm³/mol. The lowest BCUT2D eigenvalue weighted by Crippen LogP contribution is -2.07. The topological polar surface area (TPSA) is 82.5 Å². The van der Waals surface area contributed by atoms with Crippen LogP contribution in [0.25, 0.3) is 11.5 Å². The van der Waals surface area contributed by atoms with E-state index in [1.54, 1.807) is 4.68 Å². The molecule has 0 aromatic carbocycles. The number of aromatic nitrogens is 5. The van der Waals surface area contributed by atoms with Crippen molar-refractivity contribution in [1.82, 2.24) is 25.2 Å². The number of nitrogens with zero attached hydrogens (tertiary/aromatic N) is 5. The molecule has 2 aromatic rings. The van der Waals surface area contributed by atoms with Crippen molar-refractivity contribution in [2.45, 2.75) is 33.2 Å². The van der Waals surface area contributed by atoms with E-state index in [0.717, 1.165) is 42.0 Å². The number of rotatable bonds is 5. The molecule has 0 aliphatic carbocycles. The second kappa shape index (κ2) is 5.68. The zero-order valence-corrected chi connectivity index (χ0v) is 10.8. The highest BCUT2D eigenvalue weighted by atomic mass is 15.5. The molecule has 2 aromatic heterocycles. The highest BCUT2D eigenvalue weighted by Gasteiger charge is 2.12. The molecule has 0 bridgehead atoms. The highest BCUT2D eigenvalue weighted by molar-refractivity contribution is 5.54. The fourth-order valence-electron chi connectivity index (χ4n) is 1.88. The Balaban J connectivity index is 2.25. The van der Waals surface area contributed by atoms with Gasteiger partial charge >= 0.3 is 0 Å². The Labute approximate surface area is 106 Å². The zero-order chi connectivity index (χ0) is 13.0. The molecule has 0 radical (unpaired) electrons. The van der Waals surface area contributed by atoms with Crippen LogP contribution in [-0.4, -0.2) is 31.7 Å². The molecule has 0 aliphatic heterocycles. The third kappa shape index (κ3) is 2.70. The summed E-state index contributed by atoms with van der Waals surface area (Å²) in [5, 5.41) is 11.8. The normalized spacial score (nSPS) is 10.8. The van der Waals surface area contributed by atoms with E-state index in [1.807, 2.05) is 20.0 Å². The summed E-state index contributed by atoms with van der Waals surface area (Å²) in [5.74, 6) is 0.726. The van der Waals surface area contributed by atoms with E-state index in [4.69, 9.17) is 5.73 Å². The fourth-order valence-corrected chi connectivity index (χ4v) is 1.88. The first-order valence-corrected chi connectivity index (χ1v) is 6.12. The molecular formula is C12H18N6. The summed E-state index contributed by atoms with van der Waals surface area (Å²) >= 11 is 0. The number of unbranched alkanes of at least 4 members (excludes halogenated alkanes) is 1. The Bertz CT molecular complexity index is 519. The largest absolute Gasteiger partial charge is 0.330 e. The average Bonchev–Trinajstić information content (AvgIpc) is 2.78. The summed E-state index contributed by atoms with van der Waals surface area (Å²) in [4.78, 5) is 4.42. The Hall–Kier alpha value is -1.82. The second-order valence-electron chi connectivity index (χ2n) is 4.40. The minimum absolute atomic E-state index is 0.694. The molecule has 2 N–H and O–H groups in total. The minimum atomic E-state index is 0.694. The number of pyridine rings is 1. The van der Waals surface area contributed by atoms with Crippen molar-refractivity contribution in [2.75, 3.05) is 6.54 Å². The maximum atomic E-state index is 5.48. The third-order valence-electron chi connectivity index (χ3n) is 2.78. The number of nitrogens with two attached hydrogens (primary N) is 1. The lowest BCUT2D eigenvalue weighted by molar-refractivity contribution is 0.548. The summed E-state index contributed by atoms with van der Waals surface area (Å²) in [6.07, 6.45) is 3.78. The Morgan fingerprint density at radius 3 is 2.83 bits per heavy atom. The lowest BCUT2D eigenvalue weighted by Gasteiger charge is -2.06. The standard InChI is InChI=1S/C12H18N6/c1-9-7-10(2)11(14-8-9)12-15-16-17-18(12)6-4-3-5-13/h7-8H,3-6,13H2,1-2H3. The van der Waals surface area contributed by atoms with Crippen LogP contribution >= 0.6 is 0 Å². The van der Waals surface area contributed by atoms with Crippen LogP contribution in [0.2, 0.25) is 0 Å². The van der Waals surface area contributed by atoms with E-state index in [9.17, 15) is 0 Å². The van der Waals surface area contributed by atoms with E-state index in [1.165, 1.54) is 0 Å². The number of aryl methyl sites for hydroxylation is 3. The van der Waals surface area contributed by atoms with Crippen molar-refractivity contribution in [1.29, 1.82) is 0 Å². The molecule has 2 heterocycles. The predicted octanol–water partition coefficient (Wildman–Crippen LogP) is 1.09. The van der Waals surface area contributed by atoms with Crippen LogP contribution in [0.15, 0.2) is 12.3 Å². The van der Waals surface area contributed by atoms with Crippen molar-refractivity contribution >= 4 is 0 Å². The van der Waals surface area contributed by atoms with Gasteiger partial charge in [-0.3, -0.25) is 4.98 Å². The highest BCUT2D eigenvalue weighted by Crippen LogP contribution is 2.18. The van der Waals surface area contributed by atoms with Gasteiger partial charge in [0.25, 0.3) is 0 Å². The minimum Gasteiger partial charge on any atom is -0.330 e. The van der Waals surface area contributed by atoms with E-state index in [2.05, 4.69) is 26.6 Å². The third-order valence-corrected chi connectivity index (χ3v) is 2.78. The molecule has 0 atom stereocenters. The average molecular weight is 246 g/mol. The van der Waals surface area contributed by atoms with E-state index < -0.39 is 0 Å². The van der Waals surface area contributed by atoms with Gasteiger partial charge in [0.2, 0.25) is 5.82 Å². The summed E-state index contributed by atoms with van der Waals surface area (Å²) in [5.41, 5.74) is 8.56. The van der Waals surface area contributed by atoms with E-state index >= 15 is 0 Å². The Morgan fingerprint density at radius 1 is 1.28 bits per heavy atom. The van der Waals surface area contributed by atoms with Gasteiger partial charge in [-0.05, 0) is 54.8 Å². The zero-order valence-electron chi connectivity index (χ0n) is 10.8. The van der Waals surface area contributed by atoms with Crippen molar-refractivity contribution in [3.63, 3.8) is 0 Å². The van der Waals surface area contributed by atoms with Gasteiger partial charge in [-0.1, -0.05) is 6.07 Å². The Kier molecular flexibility index (Phi) is 3.99. The van der Waals surface area contributed by atoms with Crippen LogP contribution in [-0.2, 0) is 6.54 Å². The van der Waals surface area contributed by atoms with Crippen molar-refractivity contribution in [3.8, 4) is 11.5 Å². The quantitative estimate of drug-likeness (QED) is 0.798. The maximum absolute atomic E-state index is 5.48. The Morgan fingerprint density at radius 2 is 2.11 bits per heavy atom. The van der Waals surface area contributed by atoms with E-state index in [0.29, 0.717) is 6.54 Å². The van der Waals surface area contributed by atoms with E-state index in [-0.39, 0.29) is 0 Å². The smallest absolute Gasteiger partial charge is 0.200 e. The number of hydrogen-bond acceptors (Lipinski definition) is 5. The first-order chi connectivity index (χ1) is 8.72. The molecular weight excluding hydrogens is 228 g/mol. The van der Waals surface area contributed by atoms with Gasteiger partial charge in [0, 0.05) is 12.7 Å². The SMILES string of the molecule is Cc1cnc(-c2nnnn2CCCCN)c(C)c1. The van der Waals surface area contributed by atoms with Crippen LogP contribution in [0.1, 0.15) is 24.0 Å². The van der Waals surface area contributed by atoms with Crippen molar-refractivity contribution < 1.29 is 0 Å². The van der Waals surface area contributed by atoms with Crippen molar-refractivity contribution in [3.05, 3.63) is 23.4 Å².